The van der Waals surface area contributed by atoms with Gasteiger partial charge in [0.25, 0.3) is 0 Å². The molecule has 0 radical (unpaired) electrons. The van der Waals surface area contributed by atoms with E-state index in [-0.39, 0.29) is 18.5 Å². The first kappa shape index (κ1) is 14.4. The summed E-state index contributed by atoms with van der Waals surface area (Å²) < 4.78 is 41.5. The highest BCUT2D eigenvalue weighted by Gasteiger charge is 2.60. The molecule has 19 heavy (non-hydrogen) atoms. The van der Waals surface area contributed by atoms with Gasteiger partial charge in [0, 0.05) is 5.92 Å². The Morgan fingerprint density at radius 3 is 2.47 bits per heavy atom. The van der Waals surface area contributed by atoms with Gasteiger partial charge >= 0.3 is 12.1 Å². The van der Waals surface area contributed by atoms with E-state index in [1.807, 2.05) is 0 Å². The summed E-state index contributed by atoms with van der Waals surface area (Å²) in [5.41, 5.74) is 0.0196. The molecule has 0 N–H and O–H groups in total. The second-order valence-electron chi connectivity index (χ2n) is 4.46. The summed E-state index contributed by atoms with van der Waals surface area (Å²) in [5, 5.41) is 0. The summed E-state index contributed by atoms with van der Waals surface area (Å²) in [5.74, 6) is -0.492. The van der Waals surface area contributed by atoms with Gasteiger partial charge in [-0.2, -0.15) is 13.2 Å². The standard InChI is InChI=1S/C13H12BrF3O2/c1-2-19-11(18)12(14)7-10(12)8-3-5-9(6-4-8)13(15,16)17/h3-6,10H,2,7H2,1H3/t10-,12-/m1/s1. The Balaban J connectivity index is 2.12. The Bertz CT molecular complexity index is 484. The van der Waals surface area contributed by atoms with E-state index >= 15 is 0 Å². The Kier molecular flexibility index (Phi) is 3.64. The van der Waals surface area contributed by atoms with Crippen LogP contribution < -0.4 is 0 Å². The van der Waals surface area contributed by atoms with Gasteiger partial charge in [-0.1, -0.05) is 28.1 Å². The van der Waals surface area contributed by atoms with Gasteiger partial charge in [0.2, 0.25) is 0 Å². The van der Waals surface area contributed by atoms with E-state index in [0.29, 0.717) is 12.0 Å². The third-order valence-electron chi connectivity index (χ3n) is 3.15. The molecule has 0 bridgehead atoms. The van der Waals surface area contributed by atoms with Crippen LogP contribution in [0.5, 0.6) is 0 Å². The van der Waals surface area contributed by atoms with E-state index in [1.54, 1.807) is 6.92 Å². The van der Waals surface area contributed by atoms with Crippen molar-refractivity contribution in [2.45, 2.75) is 29.8 Å². The summed E-state index contributed by atoms with van der Waals surface area (Å²) in [6.45, 7) is 2.00. The molecule has 0 aliphatic heterocycles. The number of benzene rings is 1. The number of carbonyl (C=O) groups excluding carboxylic acids is 1. The van der Waals surface area contributed by atoms with Crippen molar-refractivity contribution in [3.8, 4) is 0 Å². The summed E-state index contributed by atoms with van der Waals surface area (Å²) in [6.07, 6.45) is -3.80. The van der Waals surface area contributed by atoms with Crippen LogP contribution in [0, 0.1) is 0 Å². The summed E-state index contributed by atoms with van der Waals surface area (Å²) in [4.78, 5) is 11.7. The molecule has 6 heteroatoms. The van der Waals surface area contributed by atoms with Crippen LogP contribution in [-0.2, 0) is 15.7 Å². The van der Waals surface area contributed by atoms with Crippen LogP contribution in [0.3, 0.4) is 0 Å². The number of hydrogen-bond acceptors (Lipinski definition) is 2. The Morgan fingerprint density at radius 1 is 1.42 bits per heavy atom. The van der Waals surface area contributed by atoms with Crippen molar-refractivity contribution in [3.63, 3.8) is 0 Å². The highest BCUT2D eigenvalue weighted by Crippen LogP contribution is 2.58. The molecule has 1 aromatic carbocycles. The van der Waals surface area contributed by atoms with Crippen molar-refractivity contribution in [1.82, 2.24) is 0 Å². The van der Waals surface area contributed by atoms with Crippen molar-refractivity contribution >= 4 is 21.9 Å². The van der Waals surface area contributed by atoms with Crippen LogP contribution in [0.1, 0.15) is 30.4 Å². The maximum absolute atomic E-state index is 12.4. The zero-order chi connectivity index (χ0) is 14.3. The lowest BCUT2D eigenvalue weighted by Gasteiger charge is -2.10. The van der Waals surface area contributed by atoms with E-state index in [1.165, 1.54) is 12.1 Å². The van der Waals surface area contributed by atoms with Crippen LogP contribution in [0.15, 0.2) is 24.3 Å². The minimum Gasteiger partial charge on any atom is -0.465 e. The van der Waals surface area contributed by atoms with E-state index < -0.39 is 16.1 Å². The van der Waals surface area contributed by atoms with Crippen molar-refractivity contribution in [2.75, 3.05) is 6.61 Å². The molecule has 0 aromatic heterocycles. The minimum absolute atomic E-state index is 0.131. The number of alkyl halides is 4. The van der Waals surface area contributed by atoms with E-state index in [0.717, 1.165) is 12.1 Å². The molecule has 1 fully saturated rings. The molecule has 2 nitrogen and oxygen atoms in total. The normalized spacial score (nSPS) is 26.1. The molecule has 1 aliphatic rings. The number of hydrogen-bond donors (Lipinski definition) is 0. The molecule has 0 saturated heterocycles. The maximum Gasteiger partial charge on any atom is 0.416 e. The number of ether oxygens (including phenoxy) is 1. The highest BCUT2D eigenvalue weighted by molar-refractivity contribution is 9.10. The summed E-state index contributed by atoms with van der Waals surface area (Å²) in [6, 6.07) is 4.89. The van der Waals surface area contributed by atoms with Gasteiger partial charge in [-0.05, 0) is 31.0 Å². The number of rotatable bonds is 3. The summed E-state index contributed by atoms with van der Waals surface area (Å²) in [7, 11) is 0. The van der Waals surface area contributed by atoms with Crippen LogP contribution in [0.2, 0.25) is 0 Å². The van der Waals surface area contributed by atoms with Gasteiger partial charge in [0.05, 0.1) is 12.2 Å². The maximum atomic E-state index is 12.4. The third-order valence-corrected chi connectivity index (χ3v) is 4.35. The summed E-state index contributed by atoms with van der Waals surface area (Å²) >= 11 is 3.32. The molecular formula is C13H12BrF3O2. The molecule has 0 unspecified atom stereocenters. The van der Waals surface area contributed by atoms with Crippen molar-refractivity contribution in [3.05, 3.63) is 35.4 Å². The molecular weight excluding hydrogens is 325 g/mol. The number of esters is 1. The predicted molar refractivity (Wildman–Crippen MR) is 67.1 cm³/mol. The molecule has 2 atom stereocenters. The van der Waals surface area contributed by atoms with Crippen molar-refractivity contribution in [2.24, 2.45) is 0 Å². The van der Waals surface area contributed by atoms with Crippen LogP contribution in [0.4, 0.5) is 13.2 Å². The van der Waals surface area contributed by atoms with E-state index in [9.17, 15) is 18.0 Å². The Labute approximate surface area is 117 Å². The van der Waals surface area contributed by atoms with Gasteiger partial charge in [0.15, 0.2) is 0 Å². The number of carbonyl (C=O) groups is 1. The average Bonchev–Trinajstić information content (AvgIpc) is 3.03. The molecule has 1 aliphatic carbocycles. The first-order valence-electron chi connectivity index (χ1n) is 5.82. The number of halogens is 4. The largest absolute Gasteiger partial charge is 0.465 e. The van der Waals surface area contributed by atoms with E-state index in [4.69, 9.17) is 4.74 Å². The zero-order valence-electron chi connectivity index (χ0n) is 10.1. The Hall–Kier alpha value is -1.04. The smallest absolute Gasteiger partial charge is 0.416 e. The first-order chi connectivity index (χ1) is 8.79. The van der Waals surface area contributed by atoms with Crippen LogP contribution in [-0.4, -0.2) is 16.9 Å². The zero-order valence-corrected chi connectivity index (χ0v) is 11.7. The van der Waals surface area contributed by atoms with Crippen LogP contribution >= 0.6 is 15.9 Å². The minimum atomic E-state index is -4.34. The molecule has 1 aromatic rings. The molecule has 0 amide bonds. The van der Waals surface area contributed by atoms with Crippen molar-refractivity contribution < 1.29 is 22.7 Å². The predicted octanol–water partition coefficient (Wildman–Crippen LogP) is 3.89. The molecule has 1 saturated carbocycles. The van der Waals surface area contributed by atoms with Crippen molar-refractivity contribution in [1.29, 1.82) is 0 Å². The van der Waals surface area contributed by atoms with E-state index in [2.05, 4.69) is 15.9 Å². The molecule has 0 spiro atoms. The van der Waals surface area contributed by atoms with Gasteiger partial charge in [-0.25, -0.2) is 0 Å². The fraction of sp³-hybridized carbons (Fsp3) is 0.462. The second-order valence-corrected chi connectivity index (χ2v) is 5.87. The Morgan fingerprint density at radius 2 is 2.00 bits per heavy atom. The molecule has 2 rings (SSSR count). The highest BCUT2D eigenvalue weighted by atomic mass is 79.9. The molecule has 104 valence electrons. The fourth-order valence-corrected chi connectivity index (χ4v) is 2.70. The van der Waals surface area contributed by atoms with Gasteiger partial charge in [-0.3, -0.25) is 4.79 Å². The van der Waals surface area contributed by atoms with Gasteiger partial charge in [-0.15, -0.1) is 0 Å². The third kappa shape index (κ3) is 2.78. The van der Waals surface area contributed by atoms with Crippen LogP contribution in [0.25, 0.3) is 0 Å². The monoisotopic (exact) mass is 336 g/mol. The second kappa shape index (κ2) is 4.81. The van der Waals surface area contributed by atoms with Gasteiger partial charge < -0.3 is 4.74 Å². The van der Waals surface area contributed by atoms with Gasteiger partial charge in [0.1, 0.15) is 4.32 Å². The first-order valence-corrected chi connectivity index (χ1v) is 6.61. The lowest BCUT2D eigenvalue weighted by Crippen LogP contribution is -2.20. The molecule has 0 heterocycles. The average molecular weight is 337 g/mol. The fourth-order valence-electron chi connectivity index (χ4n) is 2.00. The SMILES string of the molecule is CCOC(=O)[C@@]1(Br)C[C@@H]1c1ccc(C(F)(F)F)cc1. The topological polar surface area (TPSA) is 26.3 Å². The quantitative estimate of drug-likeness (QED) is 0.618. The lowest BCUT2D eigenvalue weighted by molar-refractivity contribution is -0.143. The lowest BCUT2D eigenvalue weighted by atomic mass is 10.1.